The molecule has 62 valence electrons. The number of halogens is 1. The van der Waals surface area contributed by atoms with Gasteiger partial charge in [-0.3, -0.25) is 4.55 Å². The van der Waals surface area contributed by atoms with Crippen LogP contribution in [0.1, 0.15) is 0 Å². The fourth-order valence-corrected chi connectivity index (χ4v) is 1.45. The normalized spacial score (nSPS) is 10.5. The van der Waals surface area contributed by atoms with Gasteiger partial charge in [0.05, 0.1) is 4.90 Å². The Bertz CT molecular complexity index is 346. The zero-order valence-electron chi connectivity index (χ0n) is 5.36. The zero-order chi connectivity index (χ0) is 8.48. The van der Waals surface area contributed by atoms with Crippen LogP contribution in [0.4, 0.5) is 0 Å². The Balaban J connectivity index is 0.00000121. The molecule has 0 amide bonds. The number of rotatable bonds is 1. The molecule has 0 heterocycles. The number of hydrogen-bond acceptors (Lipinski definition) is 2. The van der Waals surface area contributed by atoms with Gasteiger partial charge in [-0.2, -0.15) is 8.42 Å². The van der Waals surface area contributed by atoms with Crippen molar-refractivity contribution in [2.75, 3.05) is 0 Å². The van der Waals surface area contributed by atoms with Crippen molar-refractivity contribution in [3.63, 3.8) is 0 Å². The van der Waals surface area contributed by atoms with E-state index in [1.54, 1.807) is 12.1 Å². The molecule has 0 saturated heterocycles. The van der Waals surface area contributed by atoms with E-state index in [2.05, 4.69) is 0 Å². The molecule has 0 spiro atoms. The molecule has 1 aromatic rings. The number of hydrogen-bond donors (Lipinski definition) is 1. The molecule has 1 aromatic carbocycles. The van der Waals surface area contributed by atoms with E-state index >= 15 is 0 Å². The van der Waals surface area contributed by atoms with Gasteiger partial charge in [-0.05, 0) is 46.9 Å². The van der Waals surface area contributed by atoms with Crippen LogP contribution in [0.3, 0.4) is 0 Å². The summed E-state index contributed by atoms with van der Waals surface area (Å²) in [5.74, 6) is 0. The minimum absolute atomic E-state index is 0. The van der Waals surface area contributed by atoms with Gasteiger partial charge < -0.3 is 0 Å². The van der Waals surface area contributed by atoms with Crippen molar-refractivity contribution < 1.29 is 13.0 Å². The molecule has 1 rings (SSSR count). The minimum atomic E-state index is -4.02. The molecule has 0 aliphatic rings. The van der Waals surface area contributed by atoms with Gasteiger partial charge in [-0.15, -0.1) is 0 Å². The molecule has 0 fully saturated rings. The molecule has 0 aromatic heterocycles. The average Bonchev–Trinajstić information content (AvgIpc) is 1.86. The first-order valence-corrected chi connectivity index (χ1v) is 5.25. The fourth-order valence-electron chi connectivity index (χ4n) is 0.607. The molecule has 3 nitrogen and oxygen atoms in total. The molecular formula is C6H6IKO3S. The van der Waals surface area contributed by atoms with E-state index in [9.17, 15) is 8.42 Å². The summed E-state index contributed by atoms with van der Waals surface area (Å²) in [7, 11) is -4.02. The molecule has 1 N–H and O–H groups in total. The molecule has 0 saturated carbocycles. The van der Waals surface area contributed by atoms with Gasteiger partial charge in [0.2, 0.25) is 0 Å². The first-order valence-electron chi connectivity index (χ1n) is 2.73. The summed E-state index contributed by atoms with van der Waals surface area (Å²) in [5, 5.41) is 0. The fraction of sp³-hybridized carbons (Fsp3) is 0. The van der Waals surface area contributed by atoms with E-state index in [1.165, 1.54) is 12.1 Å². The van der Waals surface area contributed by atoms with Crippen LogP contribution in [0.25, 0.3) is 0 Å². The summed E-state index contributed by atoms with van der Waals surface area (Å²) in [4.78, 5) is -0.0714. The van der Waals surface area contributed by atoms with Gasteiger partial charge in [-0.25, -0.2) is 0 Å². The zero-order valence-corrected chi connectivity index (χ0v) is 8.33. The third kappa shape index (κ3) is 4.14. The van der Waals surface area contributed by atoms with Gasteiger partial charge in [0.1, 0.15) is 0 Å². The molecule has 6 heteroatoms. The third-order valence-corrected chi connectivity index (χ3v) is 2.70. The first kappa shape index (κ1) is 13.5. The Kier molecular flexibility index (Phi) is 6.07. The van der Waals surface area contributed by atoms with Crippen LogP contribution in [-0.4, -0.2) is 64.4 Å². The first-order chi connectivity index (χ1) is 5.00. The summed E-state index contributed by atoms with van der Waals surface area (Å²) in [6, 6.07) is 5.95. The molecule has 0 aliphatic heterocycles. The predicted molar refractivity (Wildman–Crippen MR) is 56.1 cm³/mol. The van der Waals surface area contributed by atoms with Crippen molar-refractivity contribution >= 4 is 84.1 Å². The second-order valence-corrected chi connectivity index (χ2v) is 4.60. The van der Waals surface area contributed by atoms with Crippen LogP contribution in [0.2, 0.25) is 0 Å². The van der Waals surface area contributed by atoms with Crippen LogP contribution < -0.4 is 0 Å². The monoisotopic (exact) mass is 324 g/mol. The van der Waals surface area contributed by atoms with Crippen molar-refractivity contribution in [3.8, 4) is 0 Å². The second-order valence-electron chi connectivity index (χ2n) is 1.93. The van der Waals surface area contributed by atoms with E-state index in [0.29, 0.717) is 0 Å². The van der Waals surface area contributed by atoms with Gasteiger partial charge in [-0.1, -0.05) is 0 Å². The SMILES string of the molecule is O=S(=O)(O)c1ccc(I)cc1.[KH]. The Morgan fingerprint density at radius 2 is 1.58 bits per heavy atom. The topological polar surface area (TPSA) is 54.4 Å². The molecular weight excluding hydrogens is 318 g/mol. The summed E-state index contributed by atoms with van der Waals surface area (Å²) in [6.07, 6.45) is 0. The van der Waals surface area contributed by atoms with Crippen LogP contribution in [0.15, 0.2) is 29.2 Å². The Labute approximate surface area is 127 Å². The quantitative estimate of drug-likeness (QED) is 0.474. The van der Waals surface area contributed by atoms with Crippen molar-refractivity contribution in [3.05, 3.63) is 27.8 Å². The van der Waals surface area contributed by atoms with Gasteiger partial charge >= 0.3 is 51.4 Å². The van der Waals surface area contributed by atoms with Crippen molar-refractivity contribution in [2.45, 2.75) is 4.90 Å². The molecule has 0 unspecified atom stereocenters. The van der Waals surface area contributed by atoms with E-state index in [4.69, 9.17) is 4.55 Å². The Morgan fingerprint density at radius 3 is 1.92 bits per heavy atom. The van der Waals surface area contributed by atoms with E-state index in [0.717, 1.165) is 3.57 Å². The number of benzene rings is 1. The summed E-state index contributed by atoms with van der Waals surface area (Å²) < 4.78 is 30.5. The third-order valence-electron chi connectivity index (χ3n) is 1.11. The molecule has 0 atom stereocenters. The van der Waals surface area contributed by atoms with Gasteiger partial charge in [0, 0.05) is 3.57 Å². The molecule has 0 radical (unpaired) electrons. The summed E-state index contributed by atoms with van der Waals surface area (Å²) in [5.41, 5.74) is 0. The summed E-state index contributed by atoms with van der Waals surface area (Å²) >= 11 is 2.05. The van der Waals surface area contributed by atoms with E-state index < -0.39 is 10.1 Å². The van der Waals surface area contributed by atoms with E-state index in [-0.39, 0.29) is 56.3 Å². The van der Waals surface area contributed by atoms with Crippen LogP contribution in [0, 0.1) is 3.57 Å². The van der Waals surface area contributed by atoms with E-state index in [1.807, 2.05) is 22.6 Å². The van der Waals surface area contributed by atoms with Crippen molar-refractivity contribution in [1.29, 1.82) is 0 Å². The maximum absolute atomic E-state index is 10.5. The Hall–Kier alpha value is 1.50. The van der Waals surface area contributed by atoms with Gasteiger partial charge in [0.25, 0.3) is 10.1 Å². The van der Waals surface area contributed by atoms with Crippen molar-refractivity contribution in [2.24, 2.45) is 0 Å². The standard InChI is InChI=1S/C6H5IO3S.K.H/c7-5-1-3-6(4-2-5)11(8,9)10;;/h1-4H,(H,8,9,10);;. The summed E-state index contributed by atoms with van der Waals surface area (Å²) in [6.45, 7) is 0. The molecule has 0 bridgehead atoms. The predicted octanol–water partition coefficient (Wildman–Crippen LogP) is 0.889. The maximum atomic E-state index is 10.5. The second kappa shape index (κ2) is 5.40. The van der Waals surface area contributed by atoms with Crippen LogP contribution in [-0.2, 0) is 10.1 Å². The molecule has 0 aliphatic carbocycles. The van der Waals surface area contributed by atoms with Crippen LogP contribution in [0.5, 0.6) is 0 Å². The van der Waals surface area contributed by atoms with Crippen molar-refractivity contribution in [1.82, 2.24) is 0 Å². The van der Waals surface area contributed by atoms with Gasteiger partial charge in [0.15, 0.2) is 0 Å². The average molecular weight is 324 g/mol. The Morgan fingerprint density at radius 1 is 1.17 bits per heavy atom. The van der Waals surface area contributed by atoms with Crippen LogP contribution >= 0.6 is 22.6 Å². The molecule has 12 heavy (non-hydrogen) atoms.